The van der Waals surface area contributed by atoms with Crippen LogP contribution in [0.15, 0.2) is 36.4 Å². The van der Waals surface area contributed by atoms with Crippen LogP contribution in [0.4, 0.5) is 21.9 Å². The van der Waals surface area contributed by atoms with Crippen molar-refractivity contribution in [3.63, 3.8) is 0 Å². The number of ether oxygens (including phenoxy) is 2. The largest absolute Gasteiger partial charge is 0.497 e. The van der Waals surface area contributed by atoms with Gasteiger partial charge in [-0.3, -0.25) is 4.79 Å². The van der Waals surface area contributed by atoms with Gasteiger partial charge in [-0.15, -0.1) is 0 Å². The maximum absolute atomic E-state index is 13.4. The van der Waals surface area contributed by atoms with Crippen LogP contribution in [0.3, 0.4) is 0 Å². The number of anilines is 3. The number of carbonyl (C=O) groups excluding carboxylic acids is 2. The topological polar surface area (TPSA) is 91.9 Å². The van der Waals surface area contributed by atoms with Crippen LogP contribution in [0.5, 0.6) is 11.5 Å². The van der Waals surface area contributed by atoms with Crippen molar-refractivity contribution in [2.75, 3.05) is 42.8 Å². The van der Waals surface area contributed by atoms with E-state index in [1.165, 1.54) is 13.5 Å². The lowest BCUT2D eigenvalue weighted by molar-refractivity contribution is 0.0928. The van der Waals surface area contributed by atoms with E-state index in [2.05, 4.69) is 27.8 Å². The summed E-state index contributed by atoms with van der Waals surface area (Å²) in [6.07, 6.45) is 7.79. The fourth-order valence-electron chi connectivity index (χ4n) is 5.02. The summed E-state index contributed by atoms with van der Waals surface area (Å²) in [4.78, 5) is 28.5. The third kappa shape index (κ3) is 6.42. The van der Waals surface area contributed by atoms with Crippen LogP contribution >= 0.6 is 0 Å². The molecule has 0 unspecified atom stereocenters. The zero-order valence-corrected chi connectivity index (χ0v) is 21.6. The first-order valence-corrected chi connectivity index (χ1v) is 13.0. The first kappa shape index (κ1) is 25.7. The number of rotatable bonds is 7. The summed E-state index contributed by atoms with van der Waals surface area (Å²) < 4.78 is 10.6. The predicted octanol–water partition coefficient (Wildman–Crippen LogP) is 5.65. The third-order valence-corrected chi connectivity index (χ3v) is 7.22. The molecule has 1 aliphatic carbocycles. The normalized spacial score (nSPS) is 16.8. The lowest BCUT2D eigenvalue weighted by Crippen LogP contribution is -2.38. The highest BCUT2D eigenvalue weighted by molar-refractivity contribution is 6.04. The van der Waals surface area contributed by atoms with E-state index in [9.17, 15) is 9.59 Å². The predicted molar refractivity (Wildman–Crippen MR) is 144 cm³/mol. The monoisotopic (exact) mass is 494 g/mol. The SMILES string of the molecule is COc1ccc(NC(=O)Nc2ccc(N3CCC(C)CC3)c(C(=O)NC3CCCCC3)c2)c(OC)c1. The van der Waals surface area contributed by atoms with Crippen LogP contribution in [0.25, 0.3) is 0 Å². The molecule has 3 N–H and O–H groups in total. The second kappa shape index (κ2) is 12.0. The number of piperidine rings is 1. The van der Waals surface area contributed by atoms with Crippen LogP contribution in [0.1, 0.15) is 62.2 Å². The Labute approximate surface area is 213 Å². The van der Waals surface area contributed by atoms with E-state index >= 15 is 0 Å². The lowest BCUT2D eigenvalue weighted by atomic mass is 9.95. The molecule has 4 rings (SSSR count). The molecule has 8 nitrogen and oxygen atoms in total. The number of benzene rings is 2. The van der Waals surface area contributed by atoms with Crippen molar-refractivity contribution in [3.8, 4) is 11.5 Å². The minimum atomic E-state index is -0.420. The van der Waals surface area contributed by atoms with Gasteiger partial charge in [0.25, 0.3) is 5.91 Å². The van der Waals surface area contributed by atoms with Crippen LogP contribution in [0, 0.1) is 5.92 Å². The molecule has 0 spiro atoms. The van der Waals surface area contributed by atoms with E-state index in [0.29, 0.717) is 34.4 Å². The van der Waals surface area contributed by atoms with Crippen molar-refractivity contribution < 1.29 is 19.1 Å². The average molecular weight is 495 g/mol. The van der Waals surface area contributed by atoms with Crippen LogP contribution in [-0.2, 0) is 0 Å². The van der Waals surface area contributed by atoms with E-state index in [1.807, 2.05) is 12.1 Å². The molecule has 2 fully saturated rings. The maximum Gasteiger partial charge on any atom is 0.323 e. The molecule has 1 heterocycles. The molecule has 0 aromatic heterocycles. The number of carbonyl (C=O) groups is 2. The Morgan fingerprint density at radius 3 is 2.33 bits per heavy atom. The Hall–Kier alpha value is -3.42. The summed E-state index contributed by atoms with van der Waals surface area (Å²) in [5, 5.41) is 8.94. The van der Waals surface area contributed by atoms with E-state index in [4.69, 9.17) is 9.47 Å². The second-order valence-electron chi connectivity index (χ2n) is 9.86. The van der Waals surface area contributed by atoms with Crippen molar-refractivity contribution in [2.45, 2.75) is 57.9 Å². The van der Waals surface area contributed by atoms with Gasteiger partial charge >= 0.3 is 6.03 Å². The Kier molecular flexibility index (Phi) is 8.57. The molecule has 0 atom stereocenters. The summed E-state index contributed by atoms with van der Waals surface area (Å²) in [6.45, 7) is 4.13. The molecule has 36 heavy (non-hydrogen) atoms. The fraction of sp³-hybridized carbons (Fsp3) is 0.500. The second-order valence-corrected chi connectivity index (χ2v) is 9.86. The molecular formula is C28H38N4O4. The van der Waals surface area contributed by atoms with E-state index < -0.39 is 6.03 Å². The summed E-state index contributed by atoms with van der Waals surface area (Å²) in [5.74, 6) is 1.75. The standard InChI is InChI=1S/C28H38N4O4/c1-19-13-15-32(16-14-19)25-12-9-21(17-23(25)27(33)29-20-7-5-4-6-8-20)30-28(34)31-24-11-10-22(35-2)18-26(24)36-3/h9-12,17-20H,4-8,13-16H2,1-3H3,(H,29,33)(H2,30,31,34). The van der Waals surface area contributed by atoms with Crippen molar-refractivity contribution in [3.05, 3.63) is 42.0 Å². The fourth-order valence-corrected chi connectivity index (χ4v) is 5.02. The van der Waals surface area contributed by atoms with E-state index in [1.54, 1.807) is 31.4 Å². The molecule has 3 amide bonds. The lowest BCUT2D eigenvalue weighted by Gasteiger charge is -2.34. The zero-order valence-electron chi connectivity index (χ0n) is 21.6. The molecule has 0 radical (unpaired) electrons. The van der Waals surface area contributed by atoms with Crippen molar-refractivity contribution in [2.24, 2.45) is 5.92 Å². The summed E-state index contributed by atoms with van der Waals surface area (Å²) in [7, 11) is 3.11. The summed E-state index contributed by atoms with van der Waals surface area (Å²) in [5.41, 5.74) is 2.61. The van der Waals surface area contributed by atoms with Gasteiger partial charge in [-0.05, 0) is 61.9 Å². The summed E-state index contributed by atoms with van der Waals surface area (Å²) in [6, 6.07) is 10.6. The minimum Gasteiger partial charge on any atom is -0.497 e. The Bertz CT molecular complexity index is 1060. The molecule has 1 saturated heterocycles. The molecule has 8 heteroatoms. The van der Waals surface area contributed by atoms with Crippen molar-refractivity contribution in [1.29, 1.82) is 0 Å². The summed E-state index contributed by atoms with van der Waals surface area (Å²) >= 11 is 0. The molecule has 0 bridgehead atoms. The smallest absolute Gasteiger partial charge is 0.323 e. The number of methoxy groups -OCH3 is 2. The molecule has 2 aromatic carbocycles. The quantitative estimate of drug-likeness (QED) is 0.463. The van der Waals surface area contributed by atoms with Crippen molar-refractivity contribution >= 4 is 29.0 Å². The number of nitrogens with one attached hydrogen (secondary N) is 3. The van der Waals surface area contributed by atoms with Crippen LogP contribution in [0.2, 0.25) is 0 Å². The number of urea groups is 1. The average Bonchev–Trinajstić information content (AvgIpc) is 2.90. The van der Waals surface area contributed by atoms with E-state index in [0.717, 1.165) is 57.3 Å². The van der Waals surface area contributed by atoms with Gasteiger partial charge in [0.1, 0.15) is 11.5 Å². The Morgan fingerprint density at radius 1 is 0.889 bits per heavy atom. The molecule has 194 valence electrons. The Morgan fingerprint density at radius 2 is 1.64 bits per heavy atom. The van der Waals surface area contributed by atoms with Gasteiger partial charge in [0.2, 0.25) is 0 Å². The third-order valence-electron chi connectivity index (χ3n) is 7.22. The molecule has 1 saturated carbocycles. The number of hydrogen-bond donors (Lipinski definition) is 3. The van der Waals surface area contributed by atoms with Gasteiger partial charge in [0.05, 0.1) is 25.5 Å². The first-order chi connectivity index (χ1) is 17.5. The van der Waals surface area contributed by atoms with Gasteiger partial charge in [-0.2, -0.15) is 0 Å². The number of hydrogen-bond acceptors (Lipinski definition) is 5. The van der Waals surface area contributed by atoms with Crippen molar-refractivity contribution in [1.82, 2.24) is 5.32 Å². The highest BCUT2D eigenvalue weighted by Crippen LogP contribution is 2.31. The van der Waals surface area contributed by atoms with Crippen LogP contribution < -0.4 is 30.3 Å². The number of amides is 3. The van der Waals surface area contributed by atoms with Crippen LogP contribution in [-0.4, -0.2) is 45.3 Å². The zero-order chi connectivity index (χ0) is 25.5. The van der Waals surface area contributed by atoms with Gasteiger partial charge < -0.3 is 30.3 Å². The molecule has 2 aromatic rings. The maximum atomic E-state index is 13.4. The highest BCUT2D eigenvalue weighted by atomic mass is 16.5. The molecular weight excluding hydrogens is 456 g/mol. The van der Waals surface area contributed by atoms with E-state index in [-0.39, 0.29) is 11.9 Å². The van der Waals surface area contributed by atoms with Gasteiger partial charge in [-0.25, -0.2) is 4.79 Å². The van der Waals surface area contributed by atoms with Gasteiger partial charge in [0.15, 0.2) is 0 Å². The number of nitrogens with zero attached hydrogens (tertiary/aromatic N) is 1. The minimum absolute atomic E-state index is 0.0728. The first-order valence-electron chi connectivity index (χ1n) is 13.0. The highest BCUT2D eigenvalue weighted by Gasteiger charge is 2.24. The molecule has 2 aliphatic rings. The van der Waals surface area contributed by atoms with Gasteiger partial charge in [-0.1, -0.05) is 26.2 Å². The molecule has 1 aliphatic heterocycles. The van der Waals surface area contributed by atoms with Gasteiger partial charge in [0, 0.05) is 36.6 Å². The Balaban J connectivity index is 1.52.